The van der Waals surface area contributed by atoms with E-state index >= 15 is 0 Å². The average Bonchev–Trinajstić information content (AvgIpc) is 1.67. The van der Waals surface area contributed by atoms with Crippen LogP contribution in [0.2, 0.25) is 0 Å². The van der Waals surface area contributed by atoms with Gasteiger partial charge in [0.2, 0.25) is 0 Å². The molecule has 0 fully saturated rings. The quantitative estimate of drug-likeness (QED) is 0.343. The number of rotatable bonds is 3. The molecule has 1 nitrogen and oxygen atoms in total. The molecule has 0 aliphatic rings. The molecule has 0 aliphatic heterocycles. The number of alkyl halides is 1. The molecule has 0 saturated carbocycles. The summed E-state index contributed by atoms with van der Waals surface area (Å²) < 4.78 is 3.45. The number of halogens is 1. The molecule has 0 saturated heterocycles. The van der Waals surface area contributed by atoms with E-state index in [9.17, 15) is 0 Å². The summed E-state index contributed by atoms with van der Waals surface area (Å²) in [5, 5.41) is 0. The third-order valence-electron chi connectivity index (χ3n) is 1.28. The van der Waals surface area contributed by atoms with Crippen LogP contribution in [-0.4, -0.2) is 11.0 Å². The Bertz CT molecular complexity index is 54.5. The van der Waals surface area contributed by atoms with Crippen LogP contribution < -0.4 is 25.0 Å². The van der Waals surface area contributed by atoms with Gasteiger partial charge in [0.25, 0.3) is 0 Å². The van der Waals surface area contributed by atoms with Gasteiger partial charge in [-0.3, -0.25) is 0 Å². The van der Waals surface area contributed by atoms with Crippen LogP contribution in [0.25, 0.3) is 0 Å². The van der Waals surface area contributed by atoms with Gasteiger partial charge in [0.05, 0.1) is 0 Å². The topological polar surface area (TPSA) is 12.0 Å². The summed E-state index contributed by atoms with van der Waals surface area (Å²) in [6.45, 7) is 6.74. The first kappa shape index (κ1) is 8.69. The number of nitrogens with one attached hydrogen (secondary N) is 1. The molecular formula is C6H15IN-. The molecular weight excluding hydrogens is 213 g/mol. The van der Waals surface area contributed by atoms with Crippen molar-refractivity contribution in [2.75, 3.05) is 4.93 Å². The van der Waals surface area contributed by atoms with E-state index in [0.717, 1.165) is 5.92 Å². The maximum absolute atomic E-state index is 3.45. The SMILES string of the molecule is C[I-]N[C@H](C)C(C)C. The molecule has 0 aromatic carbocycles. The molecule has 8 heavy (non-hydrogen) atoms. The van der Waals surface area contributed by atoms with Gasteiger partial charge < -0.3 is 0 Å². The van der Waals surface area contributed by atoms with Crippen molar-refractivity contribution in [3.8, 4) is 0 Å². The van der Waals surface area contributed by atoms with Gasteiger partial charge in [-0.1, -0.05) is 0 Å². The summed E-state index contributed by atoms with van der Waals surface area (Å²) in [7, 11) is 0. The van der Waals surface area contributed by atoms with E-state index in [2.05, 4.69) is 29.2 Å². The van der Waals surface area contributed by atoms with Gasteiger partial charge >= 0.3 is 62.7 Å². The van der Waals surface area contributed by atoms with E-state index in [-0.39, 0.29) is 21.5 Å². The zero-order valence-corrected chi connectivity index (χ0v) is 8.19. The fourth-order valence-electron chi connectivity index (χ4n) is 0.298. The molecule has 0 heterocycles. The van der Waals surface area contributed by atoms with Crippen molar-refractivity contribution in [2.24, 2.45) is 5.92 Å². The van der Waals surface area contributed by atoms with Crippen LogP contribution in [0.1, 0.15) is 20.8 Å². The molecule has 0 bridgehead atoms. The summed E-state index contributed by atoms with van der Waals surface area (Å²) in [4.78, 5) is 2.25. The van der Waals surface area contributed by atoms with E-state index < -0.39 is 0 Å². The van der Waals surface area contributed by atoms with Crippen LogP contribution in [0.5, 0.6) is 0 Å². The molecule has 0 unspecified atom stereocenters. The fourth-order valence-corrected chi connectivity index (χ4v) is 2.00. The first-order valence-electron chi connectivity index (χ1n) is 2.92. The molecule has 2 heteroatoms. The summed E-state index contributed by atoms with van der Waals surface area (Å²) >= 11 is 0.284. The van der Waals surface area contributed by atoms with E-state index in [1.165, 1.54) is 0 Å². The van der Waals surface area contributed by atoms with Crippen LogP contribution >= 0.6 is 0 Å². The van der Waals surface area contributed by atoms with E-state index in [0.29, 0.717) is 6.04 Å². The van der Waals surface area contributed by atoms with Gasteiger partial charge in [-0.25, -0.2) is 0 Å². The molecule has 0 aromatic heterocycles. The van der Waals surface area contributed by atoms with E-state index in [1.807, 2.05) is 0 Å². The zero-order valence-electron chi connectivity index (χ0n) is 6.03. The minimum atomic E-state index is 0.284. The Morgan fingerprint density at radius 3 is 1.88 bits per heavy atom. The second-order valence-corrected chi connectivity index (χ2v) is 4.03. The van der Waals surface area contributed by atoms with Gasteiger partial charge in [-0.2, -0.15) is 0 Å². The van der Waals surface area contributed by atoms with Gasteiger partial charge in [0.1, 0.15) is 0 Å². The molecule has 0 aliphatic carbocycles. The third-order valence-corrected chi connectivity index (χ3v) is 2.89. The molecule has 0 aromatic rings. The Kier molecular flexibility index (Phi) is 4.95. The maximum atomic E-state index is 3.45. The normalized spacial score (nSPS) is 15.1. The molecule has 0 amide bonds. The Morgan fingerprint density at radius 2 is 1.75 bits per heavy atom. The predicted octanol–water partition coefficient (Wildman–Crippen LogP) is -1.75. The van der Waals surface area contributed by atoms with Crippen LogP contribution in [0.4, 0.5) is 0 Å². The Hall–Kier alpha value is 0.690. The molecule has 52 valence electrons. The summed E-state index contributed by atoms with van der Waals surface area (Å²) in [6, 6.07) is 0.716. The number of hydrogen-bond acceptors (Lipinski definition) is 1. The Labute approximate surface area is 62.9 Å². The Morgan fingerprint density at radius 1 is 1.25 bits per heavy atom. The first-order chi connectivity index (χ1) is 3.68. The third kappa shape index (κ3) is 3.66. The zero-order chi connectivity index (χ0) is 6.57. The fraction of sp³-hybridized carbons (Fsp3) is 1.00. The predicted molar refractivity (Wildman–Crippen MR) is 33.4 cm³/mol. The minimum absolute atomic E-state index is 0.284. The van der Waals surface area contributed by atoms with E-state index in [1.54, 1.807) is 0 Å². The standard InChI is InChI=1S/C6H15IN/c1-5(2)6(3)8-7-4/h5-6,8H,1-4H3/q-1/t6-/m1/s1. The van der Waals surface area contributed by atoms with Crippen molar-refractivity contribution in [3.05, 3.63) is 0 Å². The molecule has 1 N–H and O–H groups in total. The van der Waals surface area contributed by atoms with Crippen LogP contribution in [0, 0.1) is 5.92 Å². The second kappa shape index (κ2) is 4.56. The summed E-state index contributed by atoms with van der Waals surface area (Å²) in [6.07, 6.45) is 0. The van der Waals surface area contributed by atoms with Gasteiger partial charge in [-0.15, -0.1) is 0 Å². The second-order valence-electron chi connectivity index (χ2n) is 2.33. The van der Waals surface area contributed by atoms with E-state index in [4.69, 9.17) is 0 Å². The van der Waals surface area contributed by atoms with Crippen molar-refractivity contribution in [3.63, 3.8) is 0 Å². The summed E-state index contributed by atoms with van der Waals surface area (Å²) in [5.41, 5.74) is 0. The van der Waals surface area contributed by atoms with Crippen LogP contribution in [0.3, 0.4) is 0 Å². The van der Waals surface area contributed by atoms with Gasteiger partial charge in [-0.05, 0) is 0 Å². The van der Waals surface area contributed by atoms with Gasteiger partial charge in [0, 0.05) is 0 Å². The van der Waals surface area contributed by atoms with Gasteiger partial charge in [0.15, 0.2) is 0 Å². The molecule has 0 radical (unpaired) electrons. The van der Waals surface area contributed by atoms with Crippen LogP contribution in [0.15, 0.2) is 0 Å². The van der Waals surface area contributed by atoms with Crippen molar-refractivity contribution in [2.45, 2.75) is 26.8 Å². The molecule has 1 atom stereocenters. The monoisotopic (exact) mass is 228 g/mol. The van der Waals surface area contributed by atoms with Crippen molar-refractivity contribution < 1.29 is 21.5 Å². The average molecular weight is 228 g/mol. The van der Waals surface area contributed by atoms with Crippen molar-refractivity contribution >= 4 is 0 Å². The first-order valence-corrected chi connectivity index (χ1v) is 6.16. The van der Waals surface area contributed by atoms with Crippen LogP contribution in [-0.2, 0) is 0 Å². The van der Waals surface area contributed by atoms with Crippen molar-refractivity contribution in [1.82, 2.24) is 3.53 Å². The summed E-state index contributed by atoms with van der Waals surface area (Å²) in [5.74, 6) is 0.787. The molecule has 0 spiro atoms. The number of hydrogen-bond donors (Lipinski definition) is 1. The Balaban J connectivity index is 3.17. The van der Waals surface area contributed by atoms with Crippen molar-refractivity contribution in [1.29, 1.82) is 0 Å². The molecule has 0 rings (SSSR count).